The minimum Gasteiger partial charge on any atom is -0.0876 e. The molecule has 0 radical (unpaired) electrons. The summed E-state index contributed by atoms with van der Waals surface area (Å²) in [5.41, 5.74) is 0. The van der Waals surface area contributed by atoms with E-state index in [4.69, 9.17) is 0 Å². The van der Waals surface area contributed by atoms with Crippen LogP contribution < -0.4 is 0 Å². The maximum Gasteiger partial charge on any atom is 0.0279 e. The zero-order chi connectivity index (χ0) is 11.2. The first-order chi connectivity index (χ1) is 7.41. The van der Waals surface area contributed by atoms with Gasteiger partial charge in [0.15, 0.2) is 0 Å². The normalized spacial score (nSPS) is 9.73. The van der Waals surface area contributed by atoms with Crippen molar-refractivity contribution in [1.29, 1.82) is 0 Å². The summed E-state index contributed by atoms with van der Waals surface area (Å²) in [6.07, 6.45) is 13.7. The molecular formula is C15H20. The molecule has 80 valence electrons. The molecule has 15 heavy (non-hydrogen) atoms. The standard InChI is InChI=1S/C15H20/c1-3-5-7-9-11-13-15-14-12-10-8-6-4-2/h5,7,10,12H,3-4,6,8,14H2,1-2H3. The molecular weight excluding hydrogens is 180 g/mol. The van der Waals surface area contributed by atoms with E-state index in [2.05, 4.69) is 49.7 Å². The second-order valence-corrected chi connectivity index (χ2v) is 3.20. The molecule has 0 aromatic heterocycles. The highest BCUT2D eigenvalue weighted by Gasteiger charge is 1.76. The first-order valence-electron chi connectivity index (χ1n) is 5.70. The van der Waals surface area contributed by atoms with E-state index in [9.17, 15) is 0 Å². The number of hydrogen-bond donors (Lipinski definition) is 0. The molecule has 0 spiro atoms. The third-order valence-corrected chi connectivity index (χ3v) is 1.77. The molecule has 0 bridgehead atoms. The van der Waals surface area contributed by atoms with Gasteiger partial charge in [0.05, 0.1) is 0 Å². The Kier molecular flexibility index (Phi) is 11.4. The molecule has 0 atom stereocenters. The van der Waals surface area contributed by atoms with E-state index in [0.717, 1.165) is 12.8 Å². The molecule has 0 aliphatic rings. The van der Waals surface area contributed by atoms with Crippen molar-refractivity contribution in [2.24, 2.45) is 0 Å². The van der Waals surface area contributed by atoms with Gasteiger partial charge in [0, 0.05) is 6.42 Å². The summed E-state index contributed by atoms with van der Waals surface area (Å²) in [4.78, 5) is 0. The highest BCUT2D eigenvalue weighted by atomic mass is 13.8. The van der Waals surface area contributed by atoms with Gasteiger partial charge in [0.1, 0.15) is 0 Å². The van der Waals surface area contributed by atoms with Crippen LogP contribution in [0.25, 0.3) is 0 Å². The molecule has 0 heteroatoms. The molecule has 0 saturated heterocycles. The van der Waals surface area contributed by atoms with Gasteiger partial charge in [-0.05, 0) is 30.8 Å². The van der Waals surface area contributed by atoms with Gasteiger partial charge in [-0.15, -0.1) is 0 Å². The van der Waals surface area contributed by atoms with Crippen molar-refractivity contribution in [3.63, 3.8) is 0 Å². The lowest BCUT2D eigenvalue weighted by Crippen LogP contribution is -1.66. The number of unbranched alkanes of at least 4 members (excludes halogenated alkanes) is 2. The Morgan fingerprint density at radius 2 is 1.87 bits per heavy atom. The van der Waals surface area contributed by atoms with Gasteiger partial charge in [-0.25, -0.2) is 0 Å². The van der Waals surface area contributed by atoms with E-state index in [1.165, 1.54) is 19.3 Å². The van der Waals surface area contributed by atoms with Crippen molar-refractivity contribution in [2.45, 2.75) is 46.0 Å². The highest BCUT2D eigenvalue weighted by Crippen LogP contribution is 1.95. The Morgan fingerprint density at radius 1 is 1.00 bits per heavy atom. The largest absolute Gasteiger partial charge is 0.0876 e. The van der Waals surface area contributed by atoms with E-state index in [-0.39, 0.29) is 0 Å². The molecule has 0 unspecified atom stereocenters. The van der Waals surface area contributed by atoms with E-state index < -0.39 is 0 Å². The average molecular weight is 200 g/mol. The topological polar surface area (TPSA) is 0 Å². The maximum atomic E-state index is 2.99. The van der Waals surface area contributed by atoms with Crippen LogP contribution in [0, 0.1) is 23.7 Å². The third-order valence-electron chi connectivity index (χ3n) is 1.77. The molecule has 0 rings (SSSR count). The van der Waals surface area contributed by atoms with Crippen molar-refractivity contribution >= 4 is 0 Å². The summed E-state index contributed by atoms with van der Waals surface area (Å²) in [6, 6.07) is 0. The van der Waals surface area contributed by atoms with Crippen molar-refractivity contribution in [3.05, 3.63) is 24.3 Å². The fourth-order valence-electron chi connectivity index (χ4n) is 0.932. The fourth-order valence-corrected chi connectivity index (χ4v) is 0.932. The lowest BCUT2D eigenvalue weighted by atomic mass is 10.2. The third kappa shape index (κ3) is 12.6. The van der Waals surface area contributed by atoms with Crippen molar-refractivity contribution in [3.8, 4) is 23.7 Å². The minimum atomic E-state index is 0.815. The predicted molar refractivity (Wildman–Crippen MR) is 68.3 cm³/mol. The summed E-state index contributed by atoms with van der Waals surface area (Å²) < 4.78 is 0. The zero-order valence-electron chi connectivity index (χ0n) is 9.84. The molecule has 0 aliphatic heterocycles. The van der Waals surface area contributed by atoms with Crippen LogP contribution >= 0.6 is 0 Å². The Hall–Kier alpha value is -1.40. The fraction of sp³-hybridized carbons (Fsp3) is 0.467. The smallest absolute Gasteiger partial charge is 0.0279 e. The molecule has 0 fully saturated rings. The molecule has 0 aromatic carbocycles. The Labute approximate surface area is 94.5 Å². The first kappa shape index (κ1) is 13.6. The van der Waals surface area contributed by atoms with Crippen molar-refractivity contribution in [1.82, 2.24) is 0 Å². The van der Waals surface area contributed by atoms with Gasteiger partial charge in [-0.3, -0.25) is 0 Å². The van der Waals surface area contributed by atoms with E-state index in [1.54, 1.807) is 0 Å². The van der Waals surface area contributed by atoms with Crippen LogP contribution in [0.15, 0.2) is 24.3 Å². The molecule has 0 amide bonds. The summed E-state index contributed by atoms with van der Waals surface area (Å²) >= 11 is 0. The second-order valence-electron chi connectivity index (χ2n) is 3.20. The van der Waals surface area contributed by atoms with E-state index >= 15 is 0 Å². The summed E-state index contributed by atoms with van der Waals surface area (Å²) in [5, 5.41) is 0. The summed E-state index contributed by atoms with van der Waals surface area (Å²) in [5.74, 6) is 11.5. The van der Waals surface area contributed by atoms with Gasteiger partial charge >= 0.3 is 0 Å². The molecule has 0 saturated carbocycles. The van der Waals surface area contributed by atoms with Crippen LogP contribution in [-0.2, 0) is 0 Å². The summed E-state index contributed by atoms with van der Waals surface area (Å²) in [7, 11) is 0. The average Bonchev–Trinajstić information content (AvgIpc) is 2.26. The van der Waals surface area contributed by atoms with Crippen LogP contribution in [0.5, 0.6) is 0 Å². The predicted octanol–water partition coefficient (Wildman–Crippen LogP) is 4.10. The lowest BCUT2D eigenvalue weighted by molar-refractivity contribution is 0.813. The van der Waals surface area contributed by atoms with Crippen molar-refractivity contribution < 1.29 is 0 Å². The van der Waals surface area contributed by atoms with Crippen molar-refractivity contribution in [2.75, 3.05) is 0 Å². The molecule has 0 aliphatic carbocycles. The van der Waals surface area contributed by atoms with Gasteiger partial charge < -0.3 is 0 Å². The lowest BCUT2D eigenvalue weighted by Gasteiger charge is -1.85. The van der Waals surface area contributed by atoms with Crippen LogP contribution in [0.3, 0.4) is 0 Å². The highest BCUT2D eigenvalue weighted by molar-refractivity contribution is 5.31. The van der Waals surface area contributed by atoms with Crippen LogP contribution in [0.1, 0.15) is 46.0 Å². The SMILES string of the molecule is CCC=CC#CC#CCC=CCCCC. The van der Waals surface area contributed by atoms with E-state index in [1.807, 2.05) is 12.2 Å². The van der Waals surface area contributed by atoms with Gasteiger partial charge in [-0.1, -0.05) is 56.8 Å². The number of rotatable bonds is 5. The molecule has 0 aromatic rings. The quantitative estimate of drug-likeness (QED) is 0.356. The van der Waals surface area contributed by atoms with Crippen LogP contribution in [0.2, 0.25) is 0 Å². The van der Waals surface area contributed by atoms with Gasteiger partial charge in [0.2, 0.25) is 0 Å². The molecule has 0 N–H and O–H groups in total. The molecule has 0 heterocycles. The van der Waals surface area contributed by atoms with Gasteiger partial charge in [-0.2, -0.15) is 0 Å². The van der Waals surface area contributed by atoms with Crippen LogP contribution in [0.4, 0.5) is 0 Å². The number of hydrogen-bond acceptors (Lipinski definition) is 0. The summed E-state index contributed by atoms with van der Waals surface area (Å²) in [6.45, 7) is 4.29. The number of allylic oxidation sites excluding steroid dienone is 4. The van der Waals surface area contributed by atoms with E-state index in [0.29, 0.717) is 0 Å². The van der Waals surface area contributed by atoms with Crippen LogP contribution in [-0.4, -0.2) is 0 Å². The monoisotopic (exact) mass is 200 g/mol. The minimum absolute atomic E-state index is 0.815. The Balaban J connectivity index is 3.56. The second kappa shape index (κ2) is 12.6. The maximum absolute atomic E-state index is 2.99. The molecule has 0 nitrogen and oxygen atoms in total. The van der Waals surface area contributed by atoms with Gasteiger partial charge in [0.25, 0.3) is 0 Å². The Bertz CT molecular complexity index is 296. The first-order valence-corrected chi connectivity index (χ1v) is 5.70. The Morgan fingerprint density at radius 3 is 2.60 bits per heavy atom. The zero-order valence-corrected chi connectivity index (χ0v) is 9.84.